The number of nitrogens with zero attached hydrogens (tertiary/aromatic N) is 2. The third kappa shape index (κ3) is 3.45. The van der Waals surface area contributed by atoms with Crippen LogP contribution < -0.4 is 5.32 Å². The Kier molecular flexibility index (Phi) is 5.03. The van der Waals surface area contributed by atoms with E-state index in [9.17, 15) is 0 Å². The van der Waals surface area contributed by atoms with E-state index in [1.807, 2.05) is 7.05 Å². The van der Waals surface area contributed by atoms with Gasteiger partial charge in [-0.2, -0.15) is 5.26 Å². The first-order valence-electron chi connectivity index (χ1n) is 5.63. The Morgan fingerprint density at radius 1 is 1.67 bits per heavy atom. The first-order chi connectivity index (χ1) is 7.21. The van der Waals surface area contributed by atoms with Crippen molar-refractivity contribution in [3.63, 3.8) is 0 Å². The lowest BCUT2D eigenvalue weighted by Crippen LogP contribution is -2.52. The molecule has 0 spiro atoms. The Bertz CT molecular complexity index is 226. The molecule has 1 heterocycles. The highest BCUT2D eigenvalue weighted by atomic mass is 16.5. The van der Waals surface area contributed by atoms with Gasteiger partial charge in [-0.25, -0.2) is 0 Å². The van der Waals surface area contributed by atoms with Gasteiger partial charge in [-0.05, 0) is 20.4 Å². The van der Waals surface area contributed by atoms with Gasteiger partial charge in [-0.15, -0.1) is 0 Å². The van der Waals surface area contributed by atoms with Crippen LogP contribution in [-0.4, -0.2) is 49.8 Å². The molecule has 4 nitrogen and oxygen atoms in total. The smallest absolute Gasteiger partial charge is 0.108 e. The molecule has 1 rings (SSSR count). The molecular weight excluding hydrogens is 190 g/mol. The van der Waals surface area contributed by atoms with E-state index < -0.39 is 0 Å². The summed E-state index contributed by atoms with van der Waals surface area (Å²) in [7, 11) is 1.83. The van der Waals surface area contributed by atoms with E-state index in [0.717, 1.165) is 26.1 Å². The predicted molar refractivity (Wildman–Crippen MR) is 59.5 cm³/mol. The molecule has 15 heavy (non-hydrogen) atoms. The summed E-state index contributed by atoms with van der Waals surface area (Å²) in [6, 6.07) is 2.65. The summed E-state index contributed by atoms with van der Waals surface area (Å²) < 4.78 is 5.62. The number of nitriles is 1. The summed E-state index contributed by atoms with van der Waals surface area (Å²) in [5.41, 5.74) is 0. The molecule has 1 N–H and O–H groups in total. The maximum Gasteiger partial charge on any atom is 0.108 e. The van der Waals surface area contributed by atoms with Crippen molar-refractivity contribution in [2.75, 3.05) is 26.7 Å². The molecule has 1 aliphatic heterocycles. The molecule has 0 radical (unpaired) electrons. The molecule has 3 unspecified atom stereocenters. The number of hydrogen-bond acceptors (Lipinski definition) is 4. The lowest BCUT2D eigenvalue weighted by Gasteiger charge is -2.39. The monoisotopic (exact) mass is 211 g/mol. The van der Waals surface area contributed by atoms with Gasteiger partial charge >= 0.3 is 0 Å². The van der Waals surface area contributed by atoms with Gasteiger partial charge in [0.1, 0.15) is 6.04 Å². The van der Waals surface area contributed by atoms with Crippen molar-refractivity contribution in [2.45, 2.75) is 38.5 Å². The molecular formula is C11H21N3O. The molecule has 0 saturated carbocycles. The fourth-order valence-electron chi connectivity index (χ4n) is 1.94. The molecule has 4 heteroatoms. The largest absolute Gasteiger partial charge is 0.376 e. The fourth-order valence-corrected chi connectivity index (χ4v) is 1.94. The van der Waals surface area contributed by atoms with Crippen molar-refractivity contribution in [3.05, 3.63) is 0 Å². The van der Waals surface area contributed by atoms with Gasteiger partial charge in [0.05, 0.1) is 18.8 Å². The normalized spacial score (nSPS) is 29.7. The second kappa shape index (κ2) is 6.06. The molecule has 1 fully saturated rings. The fraction of sp³-hybridized carbons (Fsp3) is 0.909. The van der Waals surface area contributed by atoms with Crippen molar-refractivity contribution >= 4 is 0 Å². The predicted octanol–water partition coefficient (Wildman–Crippen LogP) is 0.597. The highest BCUT2D eigenvalue weighted by Crippen LogP contribution is 2.14. The molecule has 0 bridgehead atoms. The van der Waals surface area contributed by atoms with E-state index in [4.69, 9.17) is 10.00 Å². The first-order valence-corrected chi connectivity index (χ1v) is 5.63. The Hall–Kier alpha value is -0.630. The maximum atomic E-state index is 8.91. The molecule has 0 aliphatic carbocycles. The molecule has 1 aliphatic rings. The molecule has 86 valence electrons. The molecule has 0 aromatic rings. The average Bonchev–Trinajstić information content (AvgIpc) is 2.26. The number of nitrogens with one attached hydrogen (secondary N) is 1. The topological polar surface area (TPSA) is 48.3 Å². The summed E-state index contributed by atoms with van der Waals surface area (Å²) in [5.74, 6) is 0. The minimum absolute atomic E-state index is 0.0793. The van der Waals surface area contributed by atoms with Crippen LogP contribution in [0.15, 0.2) is 0 Å². The van der Waals surface area contributed by atoms with E-state index >= 15 is 0 Å². The second-order valence-electron chi connectivity index (χ2n) is 4.13. The van der Waals surface area contributed by atoms with E-state index in [2.05, 4.69) is 30.1 Å². The standard InChI is InChI=1S/C11H21N3O/c1-4-11-8-15-9(2)6-14(11)7-10(5-12)13-3/h9-11,13H,4,6-8H2,1-3H3. The van der Waals surface area contributed by atoms with Gasteiger partial charge in [0.2, 0.25) is 0 Å². The lowest BCUT2D eigenvalue weighted by molar-refractivity contribution is -0.0567. The summed E-state index contributed by atoms with van der Waals surface area (Å²) in [6.07, 6.45) is 1.36. The van der Waals surface area contributed by atoms with Gasteiger partial charge in [0.15, 0.2) is 0 Å². The zero-order valence-corrected chi connectivity index (χ0v) is 9.86. The third-order valence-corrected chi connectivity index (χ3v) is 2.97. The maximum absolute atomic E-state index is 8.91. The van der Waals surface area contributed by atoms with Crippen molar-refractivity contribution in [2.24, 2.45) is 0 Å². The van der Waals surface area contributed by atoms with Crippen LogP contribution in [0.2, 0.25) is 0 Å². The summed E-state index contributed by atoms with van der Waals surface area (Å²) in [6.45, 7) is 6.76. The number of ether oxygens (including phenoxy) is 1. The van der Waals surface area contributed by atoms with E-state index in [-0.39, 0.29) is 12.1 Å². The third-order valence-electron chi connectivity index (χ3n) is 2.97. The zero-order valence-electron chi connectivity index (χ0n) is 9.86. The Morgan fingerprint density at radius 3 is 2.93 bits per heavy atom. The van der Waals surface area contributed by atoms with Gasteiger partial charge in [0, 0.05) is 19.1 Å². The van der Waals surface area contributed by atoms with Crippen molar-refractivity contribution in [1.82, 2.24) is 10.2 Å². The molecule has 0 amide bonds. The number of likely N-dealkylation sites (N-methyl/N-ethyl adjacent to an activating group) is 1. The Balaban J connectivity index is 2.52. The van der Waals surface area contributed by atoms with Crippen molar-refractivity contribution in [3.8, 4) is 6.07 Å². The van der Waals surface area contributed by atoms with Gasteiger partial charge < -0.3 is 10.1 Å². The van der Waals surface area contributed by atoms with Crippen LogP contribution >= 0.6 is 0 Å². The van der Waals surface area contributed by atoms with Crippen LogP contribution in [0, 0.1) is 11.3 Å². The van der Waals surface area contributed by atoms with Crippen LogP contribution in [0.4, 0.5) is 0 Å². The number of hydrogen-bond donors (Lipinski definition) is 1. The van der Waals surface area contributed by atoms with E-state index in [0.29, 0.717) is 6.04 Å². The molecule has 0 aromatic heterocycles. The molecule has 1 saturated heterocycles. The van der Waals surface area contributed by atoms with E-state index in [1.165, 1.54) is 0 Å². The SMILES string of the molecule is CCC1COC(C)CN1CC(C#N)NC. The minimum atomic E-state index is -0.0793. The highest BCUT2D eigenvalue weighted by molar-refractivity contribution is 4.93. The molecule has 0 aromatic carbocycles. The Morgan fingerprint density at radius 2 is 2.40 bits per heavy atom. The second-order valence-corrected chi connectivity index (χ2v) is 4.13. The van der Waals surface area contributed by atoms with Crippen molar-refractivity contribution in [1.29, 1.82) is 5.26 Å². The summed E-state index contributed by atoms with van der Waals surface area (Å²) in [5, 5.41) is 11.9. The number of rotatable bonds is 4. The van der Waals surface area contributed by atoms with Crippen LogP contribution in [0.5, 0.6) is 0 Å². The average molecular weight is 211 g/mol. The van der Waals surface area contributed by atoms with Crippen LogP contribution in [-0.2, 0) is 4.74 Å². The first kappa shape index (κ1) is 12.4. The van der Waals surface area contributed by atoms with Gasteiger partial charge in [-0.3, -0.25) is 4.90 Å². The van der Waals surface area contributed by atoms with E-state index in [1.54, 1.807) is 0 Å². The van der Waals surface area contributed by atoms with Crippen LogP contribution in [0.25, 0.3) is 0 Å². The minimum Gasteiger partial charge on any atom is -0.376 e. The summed E-state index contributed by atoms with van der Waals surface area (Å²) in [4.78, 5) is 2.36. The van der Waals surface area contributed by atoms with Gasteiger partial charge in [-0.1, -0.05) is 6.92 Å². The van der Waals surface area contributed by atoms with Gasteiger partial charge in [0.25, 0.3) is 0 Å². The highest BCUT2D eigenvalue weighted by Gasteiger charge is 2.26. The quantitative estimate of drug-likeness (QED) is 0.739. The zero-order chi connectivity index (χ0) is 11.3. The lowest BCUT2D eigenvalue weighted by atomic mass is 10.1. The van der Waals surface area contributed by atoms with Crippen LogP contribution in [0.3, 0.4) is 0 Å². The summed E-state index contributed by atoms with van der Waals surface area (Å²) >= 11 is 0. The number of morpholine rings is 1. The Labute approximate surface area is 92.2 Å². The van der Waals surface area contributed by atoms with Crippen molar-refractivity contribution < 1.29 is 4.74 Å². The molecule has 3 atom stereocenters. The van der Waals surface area contributed by atoms with Crippen LogP contribution in [0.1, 0.15) is 20.3 Å².